The Balaban J connectivity index is 1.94. The normalized spacial score (nSPS) is 35.9. The largest absolute Gasteiger partial charge is 0.331 e. The topological polar surface area (TPSA) is 23.6 Å². The Bertz CT molecular complexity index is 225. The molecule has 1 heterocycles. The highest BCUT2D eigenvalue weighted by molar-refractivity contribution is 5.74. The molecule has 2 rings (SSSR count). The van der Waals surface area contributed by atoms with Crippen molar-refractivity contribution >= 4 is 6.03 Å². The van der Waals surface area contributed by atoms with Crippen LogP contribution in [0.4, 0.5) is 4.79 Å². The summed E-state index contributed by atoms with van der Waals surface area (Å²) in [6.07, 6.45) is 2.64. The number of hydrogen-bond acceptors (Lipinski definition) is 1. The number of likely N-dealkylation sites (tertiary alicyclic amines) is 1. The second-order valence-corrected chi connectivity index (χ2v) is 5.18. The highest BCUT2D eigenvalue weighted by Crippen LogP contribution is 2.41. The van der Waals surface area contributed by atoms with E-state index >= 15 is 0 Å². The number of fused-ring (bicyclic) bond motifs is 1. The molecule has 2 aliphatic rings. The number of amides is 2. The van der Waals surface area contributed by atoms with Gasteiger partial charge in [0.25, 0.3) is 0 Å². The molecule has 3 atom stereocenters. The number of urea groups is 1. The predicted molar refractivity (Wildman–Crippen MR) is 56.0 cm³/mol. The van der Waals surface area contributed by atoms with Gasteiger partial charge in [0.05, 0.1) is 0 Å². The van der Waals surface area contributed by atoms with E-state index in [9.17, 15) is 4.79 Å². The molecule has 3 heteroatoms. The van der Waals surface area contributed by atoms with Crippen LogP contribution in [0.5, 0.6) is 0 Å². The smallest absolute Gasteiger partial charge is 0.319 e. The summed E-state index contributed by atoms with van der Waals surface area (Å²) >= 11 is 0. The van der Waals surface area contributed by atoms with Crippen molar-refractivity contribution in [2.45, 2.75) is 19.8 Å². The van der Waals surface area contributed by atoms with Crippen molar-refractivity contribution in [3.63, 3.8) is 0 Å². The molecule has 2 fully saturated rings. The summed E-state index contributed by atoms with van der Waals surface area (Å²) in [6, 6.07) is 0.187. The Morgan fingerprint density at radius 2 is 1.71 bits per heavy atom. The third-order valence-corrected chi connectivity index (χ3v) is 3.64. The molecule has 14 heavy (non-hydrogen) atoms. The lowest BCUT2D eigenvalue weighted by Crippen LogP contribution is -2.38. The Hall–Kier alpha value is -0.730. The molecule has 80 valence electrons. The number of carbonyl (C=O) groups is 1. The third kappa shape index (κ3) is 1.60. The van der Waals surface area contributed by atoms with Crippen LogP contribution in [0.3, 0.4) is 0 Å². The van der Waals surface area contributed by atoms with Gasteiger partial charge >= 0.3 is 6.03 Å². The Labute approximate surface area is 86.1 Å². The van der Waals surface area contributed by atoms with Crippen molar-refractivity contribution in [3.8, 4) is 0 Å². The van der Waals surface area contributed by atoms with E-state index in [2.05, 4.69) is 6.92 Å². The van der Waals surface area contributed by atoms with Crippen molar-refractivity contribution in [1.29, 1.82) is 0 Å². The van der Waals surface area contributed by atoms with Gasteiger partial charge in [0, 0.05) is 27.2 Å². The molecule has 1 aliphatic heterocycles. The SMILES string of the molecule is CC1C[C@@H]2CN(C(=O)N(C)C)C[C@@H]2C1. The zero-order valence-corrected chi connectivity index (χ0v) is 9.36. The highest BCUT2D eigenvalue weighted by atomic mass is 16.2. The van der Waals surface area contributed by atoms with Gasteiger partial charge in [0.15, 0.2) is 0 Å². The molecule has 0 bridgehead atoms. The maximum Gasteiger partial charge on any atom is 0.319 e. The molecule has 0 aromatic heterocycles. The van der Waals surface area contributed by atoms with E-state index in [0.717, 1.165) is 30.8 Å². The molecule has 1 aliphatic carbocycles. The maximum absolute atomic E-state index is 11.7. The van der Waals surface area contributed by atoms with Gasteiger partial charge in [-0.3, -0.25) is 0 Å². The minimum absolute atomic E-state index is 0.187. The van der Waals surface area contributed by atoms with Gasteiger partial charge < -0.3 is 9.80 Å². The summed E-state index contributed by atoms with van der Waals surface area (Å²) in [4.78, 5) is 15.4. The van der Waals surface area contributed by atoms with Crippen LogP contribution in [0.2, 0.25) is 0 Å². The molecular formula is C11H20N2O. The van der Waals surface area contributed by atoms with Gasteiger partial charge in [-0.15, -0.1) is 0 Å². The Kier molecular flexibility index (Phi) is 2.41. The molecule has 0 radical (unpaired) electrons. The molecule has 3 nitrogen and oxygen atoms in total. The van der Waals surface area contributed by atoms with E-state index in [1.165, 1.54) is 12.8 Å². The van der Waals surface area contributed by atoms with Gasteiger partial charge in [0.2, 0.25) is 0 Å². The van der Waals surface area contributed by atoms with Crippen LogP contribution in [0, 0.1) is 17.8 Å². The lowest BCUT2D eigenvalue weighted by molar-refractivity contribution is 0.177. The van der Waals surface area contributed by atoms with Gasteiger partial charge in [0.1, 0.15) is 0 Å². The average Bonchev–Trinajstić information content (AvgIpc) is 2.59. The summed E-state index contributed by atoms with van der Waals surface area (Å²) < 4.78 is 0. The standard InChI is InChI=1S/C11H20N2O/c1-8-4-9-6-13(7-10(9)5-8)11(14)12(2)3/h8-10H,4-7H2,1-3H3/t8?,9-,10+. The molecule has 0 aromatic rings. The highest BCUT2D eigenvalue weighted by Gasteiger charge is 2.41. The van der Waals surface area contributed by atoms with E-state index in [1.807, 2.05) is 19.0 Å². The number of nitrogens with zero attached hydrogens (tertiary/aromatic N) is 2. The van der Waals surface area contributed by atoms with E-state index in [4.69, 9.17) is 0 Å². The fourth-order valence-corrected chi connectivity index (χ4v) is 3.04. The van der Waals surface area contributed by atoms with E-state index in [0.29, 0.717) is 0 Å². The number of carbonyl (C=O) groups excluding carboxylic acids is 1. The molecule has 1 saturated carbocycles. The van der Waals surface area contributed by atoms with Crippen molar-refractivity contribution in [1.82, 2.24) is 9.80 Å². The Morgan fingerprint density at radius 3 is 2.14 bits per heavy atom. The number of rotatable bonds is 0. The van der Waals surface area contributed by atoms with Crippen LogP contribution in [0.1, 0.15) is 19.8 Å². The molecular weight excluding hydrogens is 176 g/mol. The fraction of sp³-hybridized carbons (Fsp3) is 0.909. The van der Waals surface area contributed by atoms with Crippen molar-refractivity contribution in [2.24, 2.45) is 17.8 Å². The molecule has 0 aromatic carbocycles. The first-order valence-corrected chi connectivity index (χ1v) is 5.54. The third-order valence-electron chi connectivity index (χ3n) is 3.64. The van der Waals surface area contributed by atoms with Gasteiger partial charge in [-0.05, 0) is 30.6 Å². The minimum atomic E-state index is 0.187. The van der Waals surface area contributed by atoms with Gasteiger partial charge in [-0.1, -0.05) is 6.92 Å². The van der Waals surface area contributed by atoms with Crippen LogP contribution in [-0.2, 0) is 0 Å². The molecule has 1 unspecified atom stereocenters. The second kappa shape index (κ2) is 3.44. The van der Waals surface area contributed by atoms with Crippen LogP contribution in [-0.4, -0.2) is 43.0 Å². The van der Waals surface area contributed by atoms with E-state index < -0.39 is 0 Å². The molecule has 2 amide bonds. The second-order valence-electron chi connectivity index (χ2n) is 5.18. The van der Waals surface area contributed by atoms with Crippen molar-refractivity contribution in [2.75, 3.05) is 27.2 Å². The van der Waals surface area contributed by atoms with Crippen LogP contribution < -0.4 is 0 Å². The average molecular weight is 196 g/mol. The summed E-state index contributed by atoms with van der Waals surface area (Å²) in [5.41, 5.74) is 0. The van der Waals surface area contributed by atoms with Crippen molar-refractivity contribution < 1.29 is 4.79 Å². The summed E-state index contributed by atoms with van der Waals surface area (Å²) in [7, 11) is 3.66. The fourth-order valence-electron chi connectivity index (χ4n) is 3.04. The first-order valence-electron chi connectivity index (χ1n) is 5.54. The maximum atomic E-state index is 11.7. The van der Waals surface area contributed by atoms with E-state index in [-0.39, 0.29) is 6.03 Å². The molecule has 0 N–H and O–H groups in total. The molecule has 0 spiro atoms. The van der Waals surface area contributed by atoms with Crippen LogP contribution in [0.25, 0.3) is 0 Å². The summed E-state index contributed by atoms with van der Waals surface area (Å²) in [5, 5.41) is 0. The zero-order valence-electron chi connectivity index (χ0n) is 9.36. The summed E-state index contributed by atoms with van der Waals surface area (Å²) in [5.74, 6) is 2.45. The van der Waals surface area contributed by atoms with Crippen LogP contribution >= 0.6 is 0 Å². The monoisotopic (exact) mass is 196 g/mol. The quantitative estimate of drug-likeness (QED) is 0.578. The zero-order chi connectivity index (χ0) is 10.3. The van der Waals surface area contributed by atoms with Gasteiger partial charge in [-0.2, -0.15) is 0 Å². The van der Waals surface area contributed by atoms with Gasteiger partial charge in [-0.25, -0.2) is 4.79 Å². The van der Waals surface area contributed by atoms with E-state index in [1.54, 1.807) is 4.90 Å². The lowest BCUT2D eigenvalue weighted by atomic mass is 10.0. The summed E-state index contributed by atoms with van der Waals surface area (Å²) in [6.45, 7) is 4.31. The molecule has 1 saturated heterocycles. The van der Waals surface area contributed by atoms with Crippen molar-refractivity contribution in [3.05, 3.63) is 0 Å². The minimum Gasteiger partial charge on any atom is -0.331 e. The number of hydrogen-bond donors (Lipinski definition) is 0. The predicted octanol–water partition coefficient (Wildman–Crippen LogP) is 1.65. The Morgan fingerprint density at radius 1 is 1.21 bits per heavy atom. The first-order chi connectivity index (χ1) is 6.58. The lowest BCUT2D eigenvalue weighted by Gasteiger charge is -2.22. The van der Waals surface area contributed by atoms with Crippen LogP contribution in [0.15, 0.2) is 0 Å². The first kappa shape index (κ1) is 9.81.